The molecule has 0 fully saturated rings. The molecule has 0 saturated heterocycles. The van der Waals surface area contributed by atoms with E-state index in [1.165, 1.54) is 40.1 Å². The van der Waals surface area contributed by atoms with Gasteiger partial charge in [-0.3, -0.25) is 14.9 Å². The fourth-order valence-corrected chi connectivity index (χ4v) is 5.17. The van der Waals surface area contributed by atoms with Crippen LogP contribution in [0.25, 0.3) is 11.0 Å². The van der Waals surface area contributed by atoms with E-state index in [1.54, 1.807) is 6.07 Å². The van der Waals surface area contributed by atoms with Gasteiger partial charge in [-0.2, -0.15) is 5.26 Å². The number of fused-ring (bicyclic) bond motifs is 2. The molecule has 3 aromatic rings. The topological polar surface area (TPSA) is 125 Å². The third kappa shape index (κ3) is 3.58. The Balaban J connectivity index is 1.44. The van der Waals surface area contributed by atoms with Crippen LogP contribution in [0, 0.1) is 21.4 Å². The Bertz CT molecular complexity index is 1130. The van der Waals surface area contributed by atoms with Crippen LogP contribution in [0.2, 0.25) is 0 Å². The summed E-state index contributed by atoms with van der Waals surface area (Å²) in [7, 11) is 0. The molecular formula is C18H15N5O3S2. The highest BCUT2D eigenvalue weighted by molar-refractivity contribution is 7.99. The maximum absolute atomic E-state index is 12.4. The molecule has 2 aromatic heterocycles. The van der Waals surface area contributed by atoms with Crippen LogP contribution in [-0.2, 0) is 17.6 Å². The van der Waals surface area contributed by atoms with Crippen LogP contribution < -0.4 is 5.32 Å². The minimum Gasteiger partial charge on any atom is -0.333 e. The van der Waals surface area contributed by atoms with E-state index in [4.69, 9.17) is 0 Å². The summed E-state index contributed by atoms with van der Waals surface area (Å²) in [6.07, 6.45) is 4.05. The molecule has 1 amide bonds. The lowest BCUT2D eigenvalue weighted by Crippen LogP contribution is -2.14. The smallest absolute Gasteiger partial charge is 0.271 e. The lowest BCUT2D eigenvalue weighted by molar-refractivity contribution is -0.384. The van der Waals surface area contributed by atoms with Crippen molar-refractivity contribution in [2.75, 3.05) is 11.1 Å². The number of thioether (sulfide) groups is 1. The van der Waals surface area contributed by atoms with Crippen LogP contribution in [0.4, 0.5) is 10.7 Å². The number of non-ortho nitro benzene ring substituents is 1. The number of aromatic nitrogens is 2. The number of hydrogen-bond donors (Lipinski definition) is 2. The highest BCUT2D eigenvalue weighted by Crippen LogP contribution is 2.37. The number of imidazole rings is 1. The molecule has 0 unspecified atom stereocenters. The number of benzene rings is 1. The molecule has 0 radical (unpaired) electrons. The molecule has 0 spiro atoms. The number of aromatic amines is 1. The molecule has 0 atom stereocenters. The number of nitrogens with zero attached hydrogens (tertiary/aromatic N) is 3. The zero-order valence-electron chi connectivity index (χ0n) is 14.7. The SMILES string of the molecule is N#Cc1c(NC(=O)CSc2nc3ccc([N+](=O)[O-])cc3[nH]2)sc2c1CCCC2. The summed E-state index contributed by atoms with van der Waals surface area (Å²) < 4.78 is 0. The summed E-state index contributed by atoms with van der Waals surface area (Å²) in [5, 5.41) is 24.3. The normalized spacial score (nSPS) is 13.1. The maximum atomic E-state index is 12.4. The Hall–Kier alpha value is -2.90. The van der Waals surface area contributed by atoms with Gasteiger partial charge in [0.25, 0.3) is 5.69 Å². The number of amides is 1. The third-order valence-electron chi connectivity index (χ3n) is 4.53. The van der Waals surface area contributed by atoms with Crippen molar-refractivity contribution in [1.82, 2.24) is 9.97 Å². The molecule has 142 valence electrons. The third-order valence-corrected chi connectivity index (χ3v) is 6.61. The van der Waals surface area contributed by atoms with Crippen molar-refractivity contribution in [3.63, 3.8) is 0 Å². The number of carbonyl (C=O) groups is 1. The first-order chi connectivity index (χ1) is 13.5. The number of rotatable bonds is 5. The van der Waals surface area contributed by atoms with Crippen LogP contribution in [0.1, 0.15) is 28.8 Å². The van der Waals surface area contributed by atoms with E-state index in [1.807, 2.05) is 0 Å². The molecule has 0 bridgehead atoms. The first-order valence-electron chi connectivity index (χ1n) is 8.66. The van der Waals surface area contributed by atoms with Gasteiger partial charge in [0.15, 0.2) is 5.16 Å². The molecule has 4 rings (SSSR count). The van der Waals surface area contributed by atoms with Crippen molar-refractivity contribution in [1.29, 1.82) is 5.26 Å². The molecule has 1 aliphatic rings. The maximum Gasteiger partial charge on any atom is 0.271 e. The standard InChI is InChI=1S/C18H15N5O3S2/c19-8-12-11-3-1-2-4-15(11)28-17(12)22-16(24)9-27-18-20-13-6-5-10(23(25)26)7-14(13)21-18/h5-7H,1-4,9H2,(H,20,21)(H,22,24). The summed E-state index contributed by atoms with van der Waals surface area (Å²) in [6.45, 7) is 0. The van der Waals surface area contributed by atoms with E-state index in [0.29, 0.717) is 26.8 Å². The van der Waals surface area contributed by atoms with Crippen LogP contribution in [0.5, 0.6) is 0 Å². The molecule has 2 N–H and O–H groups in total. The van der Waals surface area contributed by atoms with Gasteiger partial charge >= 0.3 is 0 Å². The summed E-state index contributed by atoms with van der Waals surface area (Å²) >= 11 is 2.70. The molecule has 1 aliphatic carbocycles. The highest BCUT2D eigenvalue weighted by atomic mass is 32.2. The number of nitrogens with one attached hydrogen (secondary N) is 2. The van der Waals surface area contributed by atoms with Gasteiger partial charge in [-0.1, -0.05) is 11.8 Å². The summed E-state index contributed by atoms with van der Waals surface area (Å²) in [6, 6.07) is 6.62. The van der Waals surface area contributed by atoms with E-state index in [2.05, 4.69) is 21.4 Å². The van der Waals surface area contributed by atoms with Crippen molar-refractivity contribution in [2.24, 2.45) is 0 Å². The second kappa shape index (κ2) is 7.61. The molecule has 28 heavy (non-hydrogen) atoms. The minimum atomic E-state index is -0.464. The van der Waals surface area contributed by atoms with Crippen LogP contribution in [0.15, 0.2) is 23.4 Å². The van der Waals surface area contributed by atoms with Crippen LogP contribution in [-0.4, -0.2) is 26.6 Å². The lowest BCUT2D eigenvalue weighted by atomic mass is 9.96. The Morgan fingerprint density at radius 2 is 2.25 bits per heavy atom. The van der Waals surface area contributed by atoms with Crippen molar-refractivity contribution >= 4 is 50.7 Å². The van der Waals surface area contributed by atoms with Crippen molar-refractivity contribution in [2.45, 2.75) is 30.8 Å². The molecule has 10 heteroatoms. The predicted octanol–water partition coefficient (Wildman–Crippen LogP) is 4.01. The fourth-order valence-electron chi connectivity index (χ4n) is 3.22. The molecule has 1 aromatic carbocycles. The average Bonchev–Trinajstić information content (AvgIpc) is 3.25. The number of anilines is 1. The number of H-pyrrole nitrogens is 1. The summed E-state index contributed by atoms with van der Waals surface area (Å²) in [4.78, 5) is 31.3. The monoisotopic (exact) mass is 413 g/mol. The average molecular weight is 413 g/mol. The summed E-state index contributed by atoms with van der Waals surface area (Å²) in [5.41, 5.74) is 2.81. The first-order valence-corrected chi connectivity index (χ1v) is 10.5. The van der Waals surface area contributed by atoms with E-state index in [0.717, 1.165) is 31.2 Å². The van der Waals surface area contributed by atoms with Gasteiger partial charge in [-0.05, 0) is 37.3 Å². The molecule has 2 heterocycles. The second-order valence-electron chi connectivity index (χ2n) is 6.36. The van der Waals surface area contributed by atoms with Gasteiger partial charge < -0.3 is 10.3 Å². The fraction of sp³-hybridized carbons (Fsp3) is 0.278. The summed E-state index contributed by atoms with van der Waals surface area (Å²) in [5.74, 6) is -0.0958. The second-order valence-corrected chi connectivity index (χ2v) is 8.43. The molecule has 8 nitrogen and oxygen atoms in total. The largest absolute Gasteiger partial charge is 0.333 e. The Morgan fingerprint density at radius 3 is 3.04 bits per heavy atom. The minimum absolute atomic E-state index is 0.0175. The number of aryl methyl sites for hydroxylation is 1. The molecule has 0 aliphatic heterocycles. The Morgan fingerprint density at radius 1 is 1.43 bits per heavy atom. The lowest BCUT2D eigenvalue weighted by Gasteiger charge is -2.09. The van der Waals surface area contributed by atoms with Crippen molar-refractivity contribution in [3.8, 4) is 6.07 Å². The number of thiophene rings is 1. The zero-order valence-corrected chi connectivity index (χ0v) is 16.3. The Kier molecular flexibility index (Phi) is 5.02. The first kappa shape index (κ1) is 18.5. The number of carbonyl (C=O) groups excluding carboxylic acids is 1. The predicted molar refractivity (Wildman–Crippen MR) is 108 cm³/mol. The van der Waals surface area contributed by atoms with Crippen LogP contribution in [0.3, 0.4) is 0 Å². The van der Waals surface area contributed by atoms with E-state index >= 15 is 0 Å². The number of hydrogen-bond acceptors (Lipinski definition) is 7. The molecular weight excluding hydrogens is 398 g/mol. The van der Waals surface area contributed by atoms with Gasteiger partial charge in [0.1, 0.15) is 11.1 Å². The molecule has 0 saturated carbocycles. The zero-order chi connectivity index (χ0) is 19.7. The van der Waals surface area contributed by atoms with Crippen molar-refractivity contribution in [3.05, 3.63) is 44.3 Å². The van der Waals surface area contributed by atoms with Gasteiger partial charge in [0, 0.05) is 17.0 Å². The van der Waals surface area contributed by atoms with Gasteiger partial charge in [-0.15, -0.1) is 11.3 Å². The quantitative estimate of drug-likeness (QED) is 0.370. The van der Waals surface area contributed by atoms with E-state index in [9.17, 15) is 20.2 Å². The van der Waals surface area contributed by atoms with E-state index in [-0.39, 0.29) is 17.3 Å². The Labute approximate surface area is 168 Å². The number of nitriles is 1. The van der Waals surface area contributed by atoms with Crippen molar-refractivity contribution < 1.29 is 9.72 Å². The van der Waals surface area contributed by atoms with Gasteiger partial charge in [-0.25, -0.2) is 4.98 Å². The van der Waals surface area contributed by atoms with Crippen LogP contribution >= 0.6 is 23.1 Å². The number of nitro benzene ring substituents is 1. The van der Waals surface area contributed by atoms with Gasteiger partial charge in [0.05, 0.1) is 27.3 Å². The highest BCUT2D eigenvalue weighted by Gasteiger charge is 2.22. The van der Waals surface area contributed by atoms with Gasteiger partial charge in [0.2, 0.25) is 5.91 Å². The van der Waals surface area contributed by atoms with E-state index < -0.39 is 4.92 Å². The number of nitro groups is 1.